The normalized spacial score (nSPS) is 15.1. The van der Waals surface area contributed by atoms with E-state index < -0.39 is 46.5 Å². The molecule has 45 heavy (non-hydrogen) atoms. The standard InChI is InChI=1S/C16H18F3NO.C7H3F3O.C6H10O.C5H13N/c1-3-10(2)9-20-5-4-12(21)8-15(20)16-13(18)6-11(17)7-14(16)19;8-4-1-6(9)5(3-11)7(10)2-4;1-6(2)4-5-7-3;1-3-5(2)4-6/h4-7,10,15H,3,8-9H2,1-2H3;1-3H;4-5H,1H2,2-3H3;5H,3-4,6H2,1-2H3/b;;5-4+;. The van der Waals surface area contributed by atoms with Gasteiger partial charge in [0.2, 0.25) is 0 Å². The first-order valence-corrected chi connectivity index (χ1v) is 14.4. The van der Waals surface area contributed by atoms with Crippen molar-refractivity contribution >= 4 is 12.1 Å². The molecule has 1 aliphatic heterocycles. The van der Waals surface area contributed by atoms with Crippen LogP contribution in [0.1, 0.15) is 75.8 Å². The molecule has 250 valence electrons. The van der Waals surface area contributed by atoms with Crippen LogP contribution < -0.4 is 5.73 Å². The van der Waals surface area contributed by atoms with E-state index in [4.69, 9.17) is 5.73 Å². The molecule has 11 heteroatoms. The molecule has 5 nitrogen and oxygen atoms in total. The van der Waals surface area contributed by atoms with E-state index in [1.807, 2.05) is 20.8 Å². The molecule has 0 spiro atoms. The number of benzene rings is 2. The Morgan fingerprint density at radius 1 is 0.978 bits per heavy atom. The van der Waals surface area contributed by atoms with Gasteiger partial charge in [0.1, 0.15) is 34.9 Å². The first-order valence-electron chi connectivity index (χ1n) is 14.4. The van der Waals surface area contributed by atoms with Crippen molar-refractivity contribution in [2.24, 2.45) is 17.6 Å². The van der Waals surface area contributed by atoms with Crippen LogP contribution in [0.25, 0.3) is 0 Å². The molecular formula is C34H44F6N2O3. The molecule has 0 aliphatic carbocycles. The molecule has 3 atom stereocenters. The zero-order chi connectivity index (χ0) is 34.7. The van der Waals surface area contributed by atoms with Gasteiger partial charge >= 0.3 is 0 Å². The number of methoxy groups -OCH3 is 1. The number of nitrogens with zero attached hydrogens (tertiary/aromatic N) is 1. The molecule has 2 aromatic rings. The third-order valence-electron chi connectivity index (χ3n) is 6.59. The number of hydrogen-bond donors (Lipinski definition) is 1. The first-order chi connectivity index (χ1) is 21.1. The van der Waals surface area contributed by atoms with Crippen LogP contribution in [-0.4, -0.2) is 37.2 Å². The van der Waals surface area contributed by atoms with Crippen LogP contribution >= 0.6 is 0 Å². The zero-order valence-corrected chi connectivity index (χ0v) is 26.7. The third kappa shape index (κ3) is 15.6. The minimum Gasteiger partial charge on any atom is -0.504 e. The zero-order valence-electron chi connectivity index (χ0n) is 26.7. The summed E-state index contributed by atoms with van der Waals surface area (Å²) in [5.41, 5.74) is 5.30. The summed E-state index contributed by atoms with van der Waals surface area (Å²) in [7, 11) is 1.61. The van der Waals surface area contributed by atoms with E-state index in [1.165, 1.54) is 12.5 Å². The van der Waals surface area contributed by atoms with Crippen molar-refractivity contribution in [3.63, 3.8) is 0 Å². The highest BCUT2D eigenvalue weighted by molar-refractivity contribution is 5.91. The third-order valence-corrected chi connectivity index (χ3v) is 6.59. The quantitative estimate of drug-likeness (QED) is 0.128. The van der Waals surface area contributed by atoms with Gasteiger partial charge in [0.05, 0.1) is 25.0 Å². The summed E-state index contributed by atoms with van der Waals surface area (Å²) in [5, 5.41) is 0. The second-order valence-corrected chi connectivity index (χ2v) is 10.5. The largest absolute Gasteiger partial charge is 0.504 e. The van der Waals surface area contributed by atoms with Crippen molar-refractivity contribution in [2.45, 2.75) is 59.9 Å². The van der Waals surface area contributed by atoms with Crippen LogP contribution in [0.5, 0.6) is 0 Å². The van der Waals surface area contributed by atoms with Crippen molar-refractivity contribution in [1.82, 2.24) is 4.90 Å². The Hall–Kier alpha value is -3.86. The van der Waals surface area contributed by atoms with E-state index in [-0.39, 0.29) is 24.1 Å². The number of aldehydes is 1. The molecule has 2 N–H and O–H groups in total. The Labute approximate surface area is 262 Å². The highest BCUT2D eigenvalue weighted by Gasteiger charge is 2.30. The number of ether oxygens (including phenoxy) is 1. The second kappa shape index (κ2) is 21.8. The average molecular weight is 643 g/mol. The fourth-order valence-electron chi connectivity index (χ4n) is 3.49. The lowest BCUT2D eigenvalue weighted by atomic mass is 9.94. The van der Waals surface area contributed by atoms with Gasteiger partial charge in [0.25, 0.3) is 0 Å². The smallest absolute Gasteiger partial charge is 0.159 e. The number of nitrogens with two attached hydrogens (primary N) is 1. The number of ketones is 1. The SMILES string of the molecule is C=C(C)/C=C/OC.CCC(C)CN.CCC(C)CN1C=CC(=O)CC1c1c(F)cc(F)cc1F.O=Cc1c(F)cc(F)cc1F. The maximum absolute atomic E-state index is 14.0. The molecular weight excluding hydrogens is 598 g/mol. The molecule has 0 aromatic heterocycles. The molecule has 0 amide bonds. The Balaban J connectivity index is 0.000000672. The molecule has 3 rings (SSSR count). The number of carbonyl (C=O) groups excluding carboxylic acids is 2. The van der Waals surface area contributed by atoms with E-state index in [1.54, 1.807) is 30.5 Å². The lowest BCUT2D eigenvalue weighted by Gasteiger charge is -2.35. The van der Waals surface area contributed by atoms with E-state index >= 15 is 0 Å². The summed E-state index contributed by atoms with van der Waals surface area (Å²) in [6.45, 7) is 15.3. The van der Waals surface area contributed by atoms with E-state index in [9.17, 15) is 35.9 Å². The Morgan fingerprint density at radius 2 is 1.47 bits per heavy atom. The summed E-state index contributed by atoms with van der Waals surface area (Å²) in [5.74, 6) is -5.42. The first kappa shape index (κ1) is 41.1. The predicted molar refractivity (Wildman–Crippen MR) is 165 cm³/mol. The van der Waals surface area contributed by atoms with Crippen LogP contribution in [0.3, 0.4) is 0 Å². The van der Waals surface area contributed by atoms with Crippen LogP contribution in [-0.2, 0) is 9.53 Å². The van der Waals surface area contributed by atoms with Gasteiger partial charge in [-0.1, -0.05) is 52.7 Å². The van der Waals surface area contributed by atoms with Crippen LogP contribution in [0.2, 0.25) is 0 Å². The van der Waals surface area contributed by atoms with E-state index in [0.29, 0.717) is 42.6 Å². The molecule has 1 heterocycles. The summed E-state index contributed by atoms with van der Waals surface area (Å²) in [6, 6.07) is 1.49. The number of rotatable bonds is 9. The van der Waals surface area contributed by atoms with E-state index in [2.05, 4.69) is 25.2 Å². The molecule has 1 aliphatic rings. The molecule has 0 fully saturated rings. The minimum absolute atomic E-state index is 0.00407. The van der Waals surface area contributed by atoms with Gasteiger partial charge in [-0.3, -0.25) is 9.59 Å². The lowest BCUT2D eigenvalue weighted by Crippen LogP contribution is -2.33. The predicted octanol–water partition coefficient (Wildman–Crippen LogP) is 8.61. The molecule has 2 aromatic carbocycles. The maximum atomic E-state index is 14.0. The van der Waals surface area contributed by atoms with Gasteiger partial charge in [0.15, 0.2) is 12.1 Å². The van der Waals surface area contributed by atoms with Crippen molar-refractivity contribution in [3.05, 3.63) is 107 Å². The summed E-state index contributed by atoms with van der Waals surface area (Å²) >= 11 is 0. The Morgan fingerprint density at radius 3 is 1.82 bits per heavy atom. The summed E-state index contributed by atoms with van der Waals surface area (Å²) in [6.07, 6.45) is 8.51. The van der Waals surface area contributed by atoms with Crippen molar-refractivity contribution < 1.29 is 40.7 Å². The lowest BCUT2D eigenvalue weighted by molar-refractivity contribution is -0.116. The van der Waals surface area contributed by atoms with Crippen molar-refractivity contribution in [2.75, 3.05) is 20.2 Å². The number of allylic oxidation sites excluding steroid dienone is 3. The highest BCUT2D eigenvalue weighted by Crippen LogP contribution is 2.33. The Kier molecular flexibility index (Phi) is 19.9. The van der Waals surface area contributed by atoms with Gasteiger partial charge in [-0.05, 0) is 37.5 Å². The van der Waals surface area contributed by atoms with Crippen molar-refractivity contribution in [1.29, 1.82) is 0 Å². The van der Waals surface area contributed by atoms with E-state index in [0.717, 1.165) is 18.5 Å². The second-order valence-electron chi connectivity index (χ2n) is 10.5. The van der Waals surface area contributed by atoms with Gasteiger partial charge in [-0.2, -0.15) is 0 Å². The van der Waals surface area contributed by atoms with Gasteiger partial charge in [-0.25, -0.2) is 26.3 Å². The molecule has 0 radical (unpaired) electrons. The Bertz CT molecular complexity index is 1250. The van der Waals surface area contributed by atoms with Crippen LogP contribution in [0.15, 0.2) is 61.0 Å². The van der Waals surface area contributed by atoms with Gasteiger partial charge in [0, 0.05) is 49.0 Å². The van der Waals surface area contributed by atoms with Crippen LogP contribution in [0.4, 0.5) is 26.3 Å². The maximum Gasteiger partial charge on any atom is 0.159 e. The molecule has 0 bridgehead atoms. The topological polar surface area (TPSA) is 72.6 Å². The highest BCUT2D eigenvalue weighted by atomic mass is 19.2. The number of hydrogen-bond acceptors (Lipinski definition) is 5. The fourth-order valence-corrected chi connectivity index (χ4v) is 3.49. The van der Waals surface area contributed by atoms with Gasteiger partial charge < -0.3 is 15.4 Å². The monoisotopic (exact) mass is 642 g/mol. The summed E-state index contributed by atoms with van der Waals surface area (Å²) < 4.78 is 82.5. The minimum atomic E-state index is -1.18. The molecule has 0 saturated carbocycles. The molecule has 3 unspecified atom stereocenters. The average Bonchev–Trinajstić information content (AvgIpc) is 2.97. The van der Waals surface area contributed by atoms with Crippen molar-refractivity contribution in [3.8, 4) is 0 Å². The number of halogens is 6. The number of carbonyl (C=O) groups is 2. The van der Waals surface area contributed by atoms with Crippen LogP contribution in [0, 0.1) is 46.7 Å². The molecule has 0 saturated heterocycles. The fraction of sp³-hybridized carbons (Fsp3) is 0.412. The summed E-state index contributed by atoms with van der Waals surface area (Å²) in [4.78, 5) is 23.3. The van der Waals surface area contributed by atoms with Gasteiger partial charge in [-0.15, -0.1) is 0 Å².